The van der Waals surface area contributed by atoms with Crippen LogP contribution in [-0.4, -0.2) is 17.5 Å². The smallest absolute Gasteiger partial charge is 0.336 e. The van der Waals surface area contributed by atoms with Gasteiger partial charge in [-0.3, -0.25) is 10.1 Å². The third-order valence-corrected chi connectivity index (χ3v) is 3.83. The van der Waals surface area contributed by atoms with Crippen molar-refractivity contribution in [1.29, 1.82) is 0 Å². The quantitative estimate of drug-likeness (QED) is 0.524. The van der Waals surface area contributed by atoms with Gasteiger partial charge in [0.2, 0.25) is 0 Å². The number of rotatable bonds is 4. The summed E-state index contributed by atoms with van der Waals surface area (Å²) in [4.78, 5) is 23.5. The number of nitrogens with zero attached hydrogens (tertiary/aromatic N) is 1. The number of allylic oxidation sites excluding steroid dienone is 3. The summed E-state index contributed by atoms with van der Waals surface area (Å²) < 4.78 is 5.11. The third kappa shape index (κ3) is 3.26. The summed E-state index contributed by atoms with van der Waals surface area (Å²) in [6.07, 6.45) is 0. The van der Waals surface area contributed by atoms with Gasteiger partial charge in [-0.05, 0) is 33.3 Å². The van der Waals surface area contributed by atoms with Crippen molar-refractivity contribution in [1.82, 2.24) is 5.32 Å². The molecule has 23 heavy (non-hydrogen) atoms. The van der Waals surface area contributed by atoms with Crippen molar-refractivity contribution in [2.45, 2.75) is 33.6 Å². The molecule has 0 fully saturated rings. The van der Waals surface area contributed by atoms with E-state index >= 15 is 0 Å². The summed E-state index contributed by atoms with van der Waals surface area (Å²) in [5, 5.41) is 14.5. The topological polar surface area (TPSA) is 81.5 Å². The minimum Gasteiger partial charge on any atom is -0.463 e. The molecule has 1 heterocycles. The van der Waals surface area contributed by atoms with Gasteiger partial charge >= 0.3 is 5.97 Å². The second kappa shape index (κ2) is 6.64. The summed E-state index contributed by atoms with van der Waals surface area (Å²) in [5.74, 6) is -1.28. The van der Waals surface area contributed by atoms with Crippen molar-refractivity contribution < 1.29 is 14.5 Å². The number of hydrogen-bond acceptors (Lipinski definition) is 5. The van der Waals surface area contributed by atoms with E-state index in [9.17, 15) is 14.9 Å². The van der Waals surface area contributed by atoms with Gasteiger partial charge in [0.25, 0.3) is 5.70 Å². The average molecular weight is 316 g/mol. The van der Waals surface area contributed by atoms with Crippen molar-refractivity contribution in [3.8, 4) is 0 Å². The van der Waals surface area contributed by atoms with Crippen molar-refractivity contribution in [2.75, 3.05) is 6.61 Å². The van der Waals surface area contributed by atoms with Crippen molar-refractivity contribution in [2.24, 2.45) is 0 Å². The molecular formula is C17H20N2O4. The van der Waals surface area contributed by atoms with Crippen LogP contribution in [-0.2, 0) is 9.53 Å². The van der Waals surface area contributed by atoms with Gasteiger partial charge in [0, 0.05) is 5.70 Å². The van der Waals surface area contributed by atoms with E-state index in [-0.39, 0.29) is 17.9 Å². The molecule has 0 bridgehead atoms. The van der Waals surface area contributed by atoms with Crippen LogP contribution in [0.25, 0.3) is 0 Å². The van der Waals surface area contributed by atoms with E-state index in [1.807, 2.05) is 31.2 Å². The second-order valence-electron chi connectivity index (χ2n) is 5.50. The minimum absolute atomic E-state index is 0.0255. The van der Waals surface area contributed by atoms with Gasteiger partial charge in [-0.2, -0.15) is 0 Å². The molecule has 0 aliphatic carbocycles. The zero-order chi connectivity index (χ0) is 17.1. The van der Waals surface area contributed by atoms with Gasteiger partial charge < -0.3 is 10.1 Å². The number of ether oxygens (including phenoxy) is 1. The average Bonchev–Trinajstić information content (AvgIpc) is 2.46. The van der Waals surface area contributed by atoms with Gasteiger partial charge in [0.15, 0.2) is 0 Å². The zero-order valence-electron chi connectivity index (χ0n) is 13.7. The molecule has 0 saturated carbocycles. The summed E-state index contributed by atoms with van der Waals surface area (Å²) >= 11 is 0. The Hall–Kier alpha value is -2.63. The first-order valence-corrected chi connectivity index (χ1v) is 7.43. The lowest BCUT2D eigenvalue weighted by atomic mass is 9.84. The number of nitro groups is 1. The maximum atomic E-state index is 12.4. The molecule has 0 radical (unpaired) electrons. The Morgan fingerprint density at radius 3 is 2.35 bits per heavy atom. The molecule has 1 N–H and O–H groups in total. The highest BCUT2D eigenvalue weighted by atomic mass is 16.6. The molecule has 0 aromatic heterocycles. The molecule has 1 aromatic rings. The fourth-order valence-electron chi connectivity index (χ4n) is 2.79. The summed E-state index contributed by atoms with van der Waals surface area (Å²) in [6.45, 7) is 7.24. The van der Waals surface area contributed by atoms with Crippen LogP contribution in [0, 0.1) is 17.0 Å². The van der Waals surface area contributed by atoms with Gasteiger partial charge in [-0.25, -0.2) is 4.79 Å². The number of carbonyl (C=O) groups is 1. The molecular weight excluding hydrogens is 296 g/mol. The molecule has 2 rings (SSSR count). The Kier molecular flexibility index (Phi) is 4.83. The van der Waals surface area contributed by atoms with Crippen LogP contribution in [0.1, 0.15) is 37.8 Å². The lowest BCUT2D eigenvalue weighted by Gasteiger charge is -2.26. The first-order valence-electron chi connectivity index (χ1n) is 7.43. The molecule has 1 aromatic carbocycles. The van der Waals surface area contributed by atoms with E-state index < -0.39 is 16.8 Å². The van der Waals surface area contributed by atoms with Gasteiger partial charge in [-0.15, -0.1) is 0 Å². The number of benzene rings is 1. The SMILES string of the molecule is CCOC(=O)C1=C(C)NC(C)=C([N+](=O)[O-])C1c1ccc(C)cc1. The molecule has 6 heteroatoms. The lowest BCUT2D eigenvalue weighted by Crippen LogP contribution is -2.31. The first-order chi connectivity index (χ1) is 10.9. The Labute approximate surface area is 135 Å². The third-order valence-electron chi connectivity index (χ3n) is 3.83. The van der Waals surface area contributed by atoms with Crippen molar-refractivity contribution in [3.63, 3.8) is 0 Å². The minimum atomic E-state index is -0.745. The zero-order valence-corrected chi connectivity index (χ0v) is 13.7. The standard InChI is InChI=1S/C17H20N2O4/c1-5-23-17(20)14-11(3)18-12(4)16(19(21)22)15(14)13-8-6-10(2)7-9-13/h6-9,15,18H,5H2,1-4H3. The van der Waals surface area contributed by atoms with Crippen LogP contribution >= 0.6 is 0 Å². The Bertz CT molecular complexity index is 702. The van der Waals surface area contributed by atoms with Crippen LogP contribution in [0.4, 0.5) is 0 Å². The van der Waals surface area contributed by atoms with E-state index in [0.717, 1.165) is 5.56 Å². The Morgan fingerprint density at radius 2 is 1.83 bits per heavy atom. The van der Waals surface area contributed by atoms with Crippen LogP contribution in [0.15, 0.2) is 46.9 Å². The second-order valence-corrected chi connectivity index (χ2v) is 5.50. The molecule has 1 aliphatic heterocycles. The van der Waals surface area contributed by atoms with E-state index in [1.165, 1.54) is 0 Å². The summed E-state index contributed by atoms with van der Waals surface area (Å²) in [7, 11) is 0. The molecule has 0 saturated heterocycles. The predicted octanol–water partition coefficient (Wildman–Crippen LogP) is 3.03. The summed E-state index contributed by atoms with van der Waals surface area (Å²) in [6, 6.07) is 7.38. The van der Waals surface area contributed by atoms with Crippen LogP contribution in [0.5, 0.6) is 0 Å². The van der Waals surface area contributed by atoms with E-state index in [0.29, 0.717) is 17.0 Å². The monoisotopic (exact) mass is 316 g/mol. The number of hydrogen-bond donors (Lipinski definition) is 1. The largest absolute Gasteiger partial charge is 0.463 e. The molecule has 6 nitrogen and oxygen atoms in total. The molecule has 1 atom stereocenters. The normalized spacial score (nSPS) is 17.8. The highest BCUT2D eigenvalue weighted by Crippen LogP contribution is 2.38. The number of aryl methyl sites for hydroxylation is 1. The number of dihydropyridines is 1. The van der Waals surface area contributed by atoms with Gasteiger partial charge in [-0.1, -0.05) is 29.8 Å². The maximum absolute atomic E-state index is 12.4. The van der Waals surface area contributed by atoms with Crippen molar-refractivity contribution >= 4 is 5.97 Å². The maximum Gasteiger partial charge on any atom is 0.336 e. The van der Waals surface area contributed by atoms with E-state index in [2.05, 4.69) is 5.32 Å². The molecule has 122 valence electrons. The highest BCUT2D eigenvalue weighted by molar-refractivity contribution is 5.92. The number of esters is 1. The first kappa shape index (κ1) is 16.7. The van der Waals surface area contributed by atoms with E-state index in [1.54, 1.807) is 20.8 Å². The number of nitrogens with one attached hydrogen (secondary N) is 1. The Morgan fingerprint density at radius 1 is 1.22 bits per heavy atom. The van der Waals surface area contributed by atoms with E-state index in [4.69, 9.17) is 4.74 Å². The lowest BCUT2D eigenvalue weighted by molar-refractivity contribution is -0.431. The van der Waals surface area contributed by atoms with Crippen LogP contribution < -0.4 is 5.32 Å². The fourth-order valence-corrected chi connectivity index (χ4v) is 2.79. The summed E-state index contributed by atoms with van der Waals surface area (Å²) in [5.41, 5.74) is 3.02. The predicted molar refractivity (Wildman–Crippen MR) is 86.1 cm³/mol. The van der Waals surface area contributed by atoms with Crippen molar-refractivity contribution in [3.05, 3.63) is 68.2 Å². The van der Waals surface area contributed by atoms with Gasteiger partial charge in [0.05, 0.1) is 22.8 Å². The van der Waals surface area contributed by atoms with Crippen LogP contribution in [0.2, 0.25) is 0 Å². The van der Waals surface area contributed by atoms with Crippen LogP contribution in [0.3, 0.4) is 0 Å². The molecule has 0 spiro atoms. The molecule has 1 aliphatic rings. The van der Waals surface area contributed by atoms with Gasteiger partial charge in [0.1, 0.15) is 5.92 Å². The molecule has 0 amide bonds. The highest BCUT2D eigenvalue weighted by Gasteiger charge is 2.40. The fraction of sp³-hybridized carbons (Fsp3) is 0.353. The Balaban J connectivity index is 2.63. The number of carbonyl (C=O) groups excluding carboxylic acids is 1. The molecule has 1 unspecified atom stereocenters.